The van der Waals surface area contributed by atoms with Crippen molar-refractivity contribution >= 4 is 11.8 Å². The molecule has 90 valence electrons. The summed E-state index contributed by atoms with van der Waals surface area (Å²) in [6.45, 7) is 0. The van der Waals surface area contributed by atoms with Gasteiger partial charge in [-0.25, -0.2) is 4.79 Å². The lowest BCUT2D eigenvalue weighted by Crippen LogP contribution is -2.00. The highest BCUT2D eigenvalue weighted by Crippen LogP contribution is 2.25. The molecular formula is C10H8N6O2. The number of carbonyl (C=O) groups is 1. The summed E-state index contributed by atoms with van der Waals surface area (Å²) in [5.41, 5.74) is 9.90. The van der Waals surface area contributed by atoms with Crippen molar-refractivity contribution < 1.29 is 9.53 Å². The zero-order valence-electron chi connectivity index (χ0n) is 9.36. The second-order valence-corrected chi connectivity index (χ2v) is 3.25. The highest BCUT2D eigenvalue weighted by molar-refractivity contribution is 5.90. The predicted octanol–water partition coefficient (Wildman–Crippen LogP) is 2.20. The molecular weight excluding hydrogens is 236 g/mol. The van der Waals surface area contributed by atoms with Crippen LogP contribution in [0.25, 0.3) is 21.7 Å². The molecule has 0 radical (unpaired) electrons. The summed E-state index contributed by atoms with van der Waals surface area (Å²) in [6, 6.07) is 6.52. The second-order valence-electron chi connectivity index (χ2n) is 3.25. The summed E-state index contributed by atoms with van der Waals surface area (Å²) in [7, 11) is 1.31. The standard InChI is InChI=1S/C10H8N6O2/c1-18-10(17)7-4-2-6(3-5-7)8-9(13-15-11)14-16-12-8/h2-5H,1H3,(H,12,14,16). The summed E-state index contributed by atoms with van der Waals surface area (Å²) in [4.78, 5) is 13.9. The van der Waals surface area contributed by atoms with Gasteiger partial charge in [0.25, 0.3) is 0 Å². The first kappa shape index (κ1) is 11.6. The van der Waals surface area contributed by atoms with Gasteiger partial charge in [-0.1, -0.05) is 12.1 Å². The predicted molar refractivity (Wildman–Crippen MR) is 62.0 cm³/mol. The first-order valence-electron chi connectivity index (χ1n) is 4.91. The smallest absolute Gasteiger partial charge is 0.337 e. The van der Waals surface area contributed by atoms with Crippen molar-refractivity contribution in [3.05, 3.63) is 40.3 Å². The van der Waals surface area contributed by atoms with Crippen LogP contribution in [0.2, 0.25) is 0 Å². The Balaban J connectivity index is 2.37. The van der Waals surface area contributed by atoms with E-state index >= 15 is 0 Å². The molecule has 0 bridgehead atoms. The van der Waals surface area contributed by atoms with Gasteiger partial charge in [-0.05, 0) is 22.8 Å². The third-order valence-corrected chi connectivity index (χ3v) is 2.25. The quantitative estimate of drug-likeness (QED) is 0.385. The van der Waals surface area contributed by atoms with Crippen LogP contribution in [0.5, 0.6) is 0 Å². The Labute approximate surface area is 101 Å². The summed E-state index contributed by atoms with van der Waals surface area (Å²) in [6.07, 6.45) is 0. The van der Waals surface area contributed by atoms with Gasteiger partial charge in [-0.15, -0.1) is 0 Å². The maximum Gasteiger partial charge on any atom is 0.337 e. The van der Waals surface area contributed by atoms with Gasteiger partial charge < -0.3 is 4.74 Å². The molecule has 0 saturated carbocycles. The molecule has 0 saturated heterocycles. The van der Waals surface area contributed by atoms with E-state index in [0.717, 1.165) is 0 Å². The lowest BCUT2D eigenvalue weighted by molar-refractivity contribution is 0.0601. The van der Waals surface area contributed by atoms with Gasteiger partial charge >= 0.3 is 5.97 Å². The Bertz CT molecular complexity index is 612. The van der Waals surface area contributed by atoms with Crippen molar-refractivity contribution in [2.24, 2.45) is 5.11 Å². The van der Waals surface area contributed by atoms with E-state index in [1.54, 1.807) is 24.3 Å². The Morgan fingerprint density at radius 2 is 2.11 bits per heavy atom. The number of carbonyl (C=O) groups excluding carboxylic acids is 1. The van der Waals surface area contributed by atoms with Crippen LogP contribution in [0.15, 0.2) is 29.4 Å². The van der Waals surface area contributed by atoms with Gasteiger partial charge in [0, 0.05) is 10.5 Å². The zero-order chi connectivity index (χ0) is 13.0. The number of azide groups is 1. The van der Waals surface area contributed by atoms with Crippen LogP contribution in [-0.2, 0) is 4.74 Å². The molecule has 2 rings (SSSR count). The van der Waals surface area contributed by atoms with Crippen LogP contribution in [0, 0.1) is 0 Å². The number of benzene rings is 1. The molecule has 1 heterocycles. The third kappa shape index (κ3) is 2.13. The minimum Gasteiger partial charge on any atom is -0.465 e. The summed E-state index contributed by atoms with van der Waals surface area (Å²) in [5, 5.41) is 13.4. The zero-order valence-corrected chi connectivity index (χ0v) is 9.36. The SMILES string of the molecule is COC(=O)c1ccc(-c2n[nH]nc2N=[N+]=[N-])cc1. The number of aromatic nitrogens is 3. The molecule has 0 unspecified atom stereocenters. The fraction of sp³-hybridized carbons (Fsp3) is 0.100. The molecule has 8 heteroatoms. The van der Waals surface area contributed by atoms with Gasteiger partial charge in [0.05, 0.1) is 12.7 Å². The number of nitrogens with one attached hydrogen (secondary N) is 1. The second kappa shape index (κ2) is 4.98. The number of methoxy groups -OCH3 is 1. The van der Waals surface area contributed by atoms with Crippen molar-refractivity contribution in [1.29, 1.82) is 0 Å². The van der Waals surface area contributed by atoms with Crippen LogP contribution < -0.4 is 0 Å². The highest BCUT2D eigenvalue weighted by atomic mass is 16.5. The molecule has 0 aliphatic rings. The van der Waals surface area contributed by atoms with E-state index in [2.05, 4.69) is 30.2 Å². The van der Waals surface area contributed by atoms with E-state index in [1.165, 1.54) is 7.11 Å². The molecule has 1 aromatic carbocycles. The number of aromatic amines is 1. The maximum absolute atomic E-state index is 11.3. The fourth-order valence-electron chi connectivity index (χ4n) is 1.41. The Morgan fingerprint density at radius 1 is 1.39 bits per heavy atom. The van der Waals surface area contributed by atoms with E-state index < -0.39 is 5.97 Å². The van der Waals surface area contributed by atoms with Gasteiger partial charge in [0.15, 0.2) is 5.82 Å². The molecule has 2 aromatic rings. The molecule has 0 atom stereocenters. The minimum absolute atomic E-state index is 0.156. The number of ether oxygens (including phenoxy) is 1. The number of hydrogen-bond donors (Lipinski definition) is 1. The number of rotatable bonds is 3. The summed E-state index contributed by atoms with van der Waals surface area (Å²) < 4.78 is 4.59. The molecule has 1 aromatic heterocycles. The molecule has 0 spiro atoms. The molecule has 0 aliphatic heterocycles. The van der Waals surface area contributed by atoms with Crippen molar-refractivity contribution in [2.45, 2.75) is 0 Å². The average Bonchev–Trinajstić information content (AvgIpc) is 2.87. The minimum atomic E-state index is -0.419. The van der Waals surface area contributed by atoms with E-state index in [4.69, 9.17) is 5.53 Å². The molecule has 0 fully saturated rings. The Hall–Kier alpha value is -2.86. The monoisotopic (exact) mass is 244 g/mol. The lowest BCUT2D eigenvalue weighted by atomic mass is 10.1. The Kier molecular flexibility index (Phi) is 3.22. The normalized spacial score (nSPS) is 9.61. The van der Waals surface area contributed by atoms with Crippen molar-refractivity contribution in [1.82, 2.24) is 15.4 Å². The van der Waals surface area contributed by atoms with Crippen molar-refractivity contribution in [2.75, 3.05) is 7.11 Å². The molecule has 1 N–H and O–H groups in total. The van der Waals surface area contributed by atoms with E-state index in [-0.39, 0.29) is 5.82 Å². The molecule has 0 aliphatic carbocycles. The molecule has 18 heavy (non-hydrogen) atoms. The van der Waals surface area contributed by atoms with Crippen LogP contribution in [0.4, 0.5) is 5.82 Å². The van der Waals surface area contributed by atoms with Crippen LogP contribution in [-0.4, -0.2) is 28.5 Å². The van der Waals surface area contributed by atoms with E-state index in [0.29, 0.717) is 16.8 Å². The van der Waals surface area contributed by atoms with Crippen LogP contribution in [0.1, 0.15) is 10.4 Å². The van der Waals surface area contributed by atoms with E-state index in [9.17, 15) is 4.79 Å². The van der Waals surface area contributed by atoms with Gasteiger partial charge in [0.2, 0.25) is 0 Å². The third-order valence-electron chi connectivity index (χ3n) is 2.25. The largest absolute Gasteiger partial charge is 0.465 e. The number of nitrogens with zero attached hydrogens (tertiary/aromatic N) is 5. The Morgan fingerprint density at radius 3 is 2.72 bits per heavy atom. The molecule has 0 amide bonds. The van der Waals surface area contributed by atoms with E-state index in [1.807, 2.05) is 0 Å². The van der Waals surface area contributed by atoms with Crippen molar-refractivity contribution in [3.63, 3.8) is 0 Å². The topological polar surface area (TPSA) is 117 Å². The molecule has 8 nitrogen and oxygen atoms in total. The van der Waals surface area contributed by atoms with Crippen LogP contribution in [0.3, 0.4) is 0 Å². The average molecular weight is 244 g/mol. The van der Waals surface area contributed by atoms with Gasteiger partial charge in [-0.2, -0.15) is 15.4 Å². The first-order chi connectivity index (χ1) is 8.76. The van der Waals surface area contributed by atoms with Crippen LogP contribution >= 0.6 is 0 Å². The van der Waals surface area contributed by atoms with Crippen molar-refractivity contribution in [3.8, 4) is 11.3 Å². The number of H-pyrrole nitrogens is 1. The van der Waals surface area contributed by atoms with Gasteiger partial charge in [-0.3, -0.25) is 0 Å². The summed E-state index contributed by atoms with van der Waals surface area (Å²) in [5.74, 6) is -0.264. The highest BCUT2D eigenvalue weighted by Gasteiger charge is 2.10. The maximum atomic E-state index is 11.3. The number of hydrogen-bond acceptors (Lipinski definition) is 5. The fourth-order valence-corrected chi connectivity index (χ4v) is 1.41. The summed E-state index contributed by atoms with van der Waals surface area (Å²) >= 11 is 0. The first-order valence-corrected chi connectivity index (χ1v) is 4.91. The number of esters is 1. The lowest BCUT2D eigenvalue weighted by Gasteiger charge is -2.00. The van der Waals surface area contributed by atoms with Gasteiger partial charge in [0.1, 0.15) is 5.69 Å².